The van der Waals surface area contributed by atoms with Crippen molar-refractivity contribution < 1.29 is 9.59 Å². The second-order valence-electron chi connectivity index (χ2n) is 6.86. The van der Waals surface area contributed by atoms with E-state index in [1.807, 2.05) is 66.7 Å². The zero-order valence-corrected chi connectivity index (χ0v) is 17.4. The summed E-state index contributed by atoms with van der Waals surface area (Å²) in [5.74, 6) is 0.0131. The van der Waals surface area contributed by atoms with Crippen LogP contribution in [0.1, 0.15) is 44.4 Å². The number of carbonyl (C=O) groups is 2. The average molecular weight is 417 g/mol. The predicted octanol–water partition coefficient (Wildman–Crippen LogP) is 7.11. The highest BCUT2D eigenvalue weighted by molar-refractivity contribution is 7.21. The Morgan fingerprint density at radius 3 is 1.76 bits per heavy atom. The maximum atomic E-state index is 12.9. The molecule has 144 valence electrons. The van der Waals surface area contributed by atoms with Crippen molar-refractivity contribution in [3.63, 3.8) is 0 Å². The van der Waals surface area contributed by atoms with Crippen LogP contribution in [0.5, 0.6) is 0 Å². The number of ketones is 2. The minimum absolute atomic E-state index is 0.0718. The fraction of sp³-hybridized carbons (Fsp3) is 0.120. The van der Waals surface area contributed by atoms with Gasteiger partial charge in [0.2, 0.25) is 0 Å². The Morgan fingerprint density at radius 2 is 1.24 bits per heavy atom. The third kappa shape index (κ3) is 4.78. The molecule has 0 unspecified atom stereocenters. The number of benzene rings is 2. The van der Waals surface area contributed by atoms with Crippen molar-refractivity contribution in [2.75, 3.05) is 0 Å². The molecular weight excluding hydrogens is 396 g/mol. The van der Waals surface area contributed by atoms with Crippen molar-refractivity contribution >= 4 is 34.2 Å². The Hall–Kier alpha value is -2.82. The van der Waals surface area contributed by atoms with Gasteiger partial charge in [0.15, 0.2) is 11.6 Å². The Morgan fingerprint density at radius 1 is 0.655 bits per heavy atom. The number of hydrogen-bond acceptors (Lipinski definition) is 4. The smallest absolute Gasteiger partial charge is 0.163 e. The summed E-state index contributed by atoms with van der Waals surface area (Å²) >= 11 is 3.38. The molecule has 4 aromatic rings. The minimum Gasteiger partial charge on any atom is -0.294 e. The normalized spacial score (nSPS) is 10.9. The lowest BCUT2D eigenvalue weighted by Crippen LogP contribution is -2.11. The summed E-state index contributed by atoms with van der Waals surface area (Å²) in [7, 11) is 0. The molecule has 0 saturated carbocycles. The summed E-state index contributed by atoms with van der Waals surface area (Å²) in [4.78, 5) is 29.2. The molecule has 0 amide bonds. The van der Waals surface area contributed by atoms with Crippen molar-refractivity contribution in [3.8, 4) is 9.75 Å². The molecule has 0 spiro atoms. The topological polar surface area (TPSA) is 34.1 Å². The predicted molar refractivity (Wildman–Crippen MR) is 121 cm³/mol. The SMILES string of the molecule is O=C(CC(CC(=O)c1ccccc1)c1ccc(-c2cccs2)s1)c1ccccc1. The maximum absolute atomic E-state index is 12.9. The molecule has 4 rings (SSSR count). The Labute approximate surface area is 178 Å². The highest BCUT2D eigenvalue weighted by Gasteiger charge is 2.23. The third-order valence-electron chi connectivity index (χ3n) is 4.85. The molecule has 4 heteroatoms. The van der Waals surface area contributed by atoms with E-state index in [-0.39, 0.29) is 17.5 Å². The van der Waals surface area contributed by atoms with E-state index in [4.69, 9.17) is 0 Å². The van der Waals surface area contributed by atoms with Crippen molar-refractivity contribution in [3.05, 3.63) is 106 Å². The Balaban J connectivity index is 1.60. The van der Waals surface area contributed by atoms with Gasteiger partial charge in [-0.3, -0.25) is 9.59 Å². The molecule has 0 atom stereocenters. The van der Waals surface area contributed by atoms with Crippen molar-refractivity contribution in [1.29, 1.82) is 0 Å². The first-order valence-electron chi connectivity index (χ1n) is 9.51. The van der Waals surface area contributed by atoms with E-state index in [1.165, 1.54) is 9.75 Å². The molecule has 0 aliphatic heterocycles. The van der Waals surface area contributed by atoms with Gasteiger partial charge < -0.3 is 0 Å². The zero-order chi connectivity index (χ0) is 20.1. The number of carbonyl (C=O) groups excluding carboxylic acids is 2. The van der Waals surface area contributed by atoms with E-state index in [0.29, 0.717) is 24.0 Å². The van der Waals surface area contributed by atoms with Crippen LogP contribution in [0.4, 0.5) is 0 Å². The summed E-state index contributed by atoms with van der Waals surface area (Å²) < 4.78 is 0. The first kappa shape index (κ1) is 19.5. The molecule has 0 bridgehead atoms. The van der Waals surface area contributed by atoms with Gasteiger partial charge in [0, 0.05) is 44.5 Å². The molecule has 2 aromatic heterocycles. The molecule has 0 fully saturated rings. The summed E-state index contributed by atoms with van der Waals surface area (Å²) in [5.41, 5.74) is 1.39. The van der Waals surface area contributed by atoms with Crippen LogP contribution in [0.15, 0.2) is 90.3 Å². The van der Waals surface area contributed by atoms with Crippen LogP contribution in [0.2, 0.25) is 0 Å². The second kappa shape index (κ2) is 9.12. The molecule has 0 saturated heterocycles. The second-order valence-corrected chi connectivity index (χ2v) is 8.93. The monoisotopic (exact) mass is 416 g/mol. The number of Topliss-reactive ketones (excluding diaryl/α,β-unsaturated/α-hetero) is 2. The van der Waals surface area contributed by atoms with Crippen LogP contribution in [0.3, 0.4) is 0 Å². The van der Waals surface area contributed by atoms with E-state index in [1.54, 1.807) is 22.7 Å². The van der Waals surface area contributed by atoms with Crippen LogP contribution in [0, 0.1) is 0 Å². The highest BCUT2D eigenvalue weighted by Crippen LogP contribution is 2.38. The molecule has 0 radical (unpaired) electrons. The van der Waals surface area contributed by atoms with Gasteiger partial charge in [0.1, 0.15) is 0 Å². The van der Waals surface area contributed by atoms with Gasteiger partial charge in [-0.2, -0.15) is 0 Å². The zero-order valence-electron chi connectivity index (χ0n) is 15.8. The fourth-order valence-corrected chi connectivity index (χ4v) is 5.27. The maximum Gasteiger partial charge on any atom is 0.163 e. The van der Waals surface area contributed by atoms with Gasteiger partial charge in [0.25, 0.3) is 0 Å². The van der Waals surface area contributed by atoms with Gasteiger partial charge in [-0.05, 0) is 23.6 Å². The van der Waals surface area contributed by atoms with Crippen molar-refractivity contribution in [2.24, 2.45) is 0 Å². The quantitative estimate of drug-likeness (QED) is 0.287. The Bertz CT molecular complexity index is 1030. The molecule has 2 nitrogen and oxygen atoms in total. The lowest BCUT2D eigenvalue weighted by molar-refractivity contribution is 0.0945. The van der Waals surface area contributed by atoms with Crippen LogP contribution in [0.25, 0.3) is 9.75 Å². The summed E-state index contributed by atoms with van der Waals surface area (Å²) in [6.07, 6.45) is 0.653. The minimum atomic E-state index is -0.130. The molecule has 2 aromatic carbocycles. The molecular formula is C25H20O2S2. The number of hydrogen-bond donors (Lipinski definition) is 0. The van der Waals surface area contributed by atoms with Crippen LogP contribution >= 0.6 is 22.7 Å². The van der Waals surface area contributed by atoms with E-state index < -0.39 is 0 Å². The third-order valence-corrected chi connectivity index (χ3v) is 7.16. The lowest BCUT2D eigenvalue weighted by atomic mass is 9.90. The van der Waals surface area contributed by atoms with Crippen molar-refractivity contribution in [1.82, 2.24) is 0 Å². The summed E-state index contributed by atoms with van der Waals surface area (Å²) in [6, 6.07) is 26.9. The van der Waals surface area contributed by atoms with Crippen LogP contribution < -0.4 is 0 Å². The molecule has 0 aliphatic carbocycles. The van der Waals surface area contributed by atoms with Gasteiger partial charge >= 0.3 is 0 Å². The first-order valence-corrected chi connectivity index (χ1v) is 11.2. The van der Waals surface area contributed by atoms with Crippen LogP contribution in [-0.4, -0.2) is 11.6 Å². The average Bonchev–Trinajstić information content (AvgIpc) is 3.46. The van der Waals surface area contributed by atoms with Gasteiger partial charge in [-0.15, -0.1) is 22.7 Å². The van der Waals surface area contributed by atoms with Gasteiger partial charge in [-0.1, -0.05) is 66.7 Å². The number of rotatable bonds is 8. The highest BCUT2D eigenvalue weighted by atomic mass is 32.1. The lowest BCUT2D eigenvalue weighted by Gasteiger charge is -2.14. The van der Waals surface area contributed by atoms with E-state index >= 15 is 0 Å². The fourth-order valence-electron chi connectivity index (χ4n) is 3.33. The van der Waals surface area contributed by atoms with Gasteiger partial charge in [-0.25, -0.2) is 0 Å². The molecule has 2 heterocycles. The molecule has 29 heavy (non-hydrogen) atoms. The van der Waals surface area contributed by atoms with Crippen LogP contribution in [-0.2, 0) is 0 Å². The Kier molecular flexibility index (Phi) is 6.13. The molecule has 0 N–H and O–H groups in total. The summed E-state index contributed by atoms with van der Waals surface area (Å²) in [6.45, 7) is 0. The van der Waals surface area contributed by atoms with E-state index in [9.17, 15) is 9.59 Å². The largest absolute Gasteiger partial charge is 0.294 e. The van der Waals surface area contributed by atoms with E-state index in [0.717, 1.165) is 4.88 Å². The van der Waals surface area contributed by atoms with Crippen molar-refractivity contribution in [2.45, 2.75) is 18.8 Å². The van der Waals surface area contributed by atoms with E-state index in [2.05, 4.69) is 23.6 Å². The summed E-state index contributed by atoms with van der Waals surface area (Å²) in [5, 5.41) is 2.06. The first-order chi connectivity index (χ1) is 14.2. The molecule has 0 aliphatic rings. The standard InChI is InChI=1S/C25H20O2S2/c26-21(18-8-3-1-4-9-18)16-20(17-22(27)19-10-5-2-6-11-19)23-13-14-25(29-23)24-12-7-15-28-24/h1-15,20H,16-17H2. The number of thiophene rings is 2. The van der Waals surface area contributed by atoms with Gasteiger partial charge in [0.05, 0.1) is 0 Å².